The third-order valence-electron chi connectivity index (χ3n) is 1.55. The number of hydrogen-bond acceptors (Lipinski definition) is 4. The summed E-state index contributed by atoms with van der Waals surface area (Å²) < 4.78 is 29.9. The standard InChI is InChI=1S/C7H8O3S.C2H5NO2/c1-6-4-2-3-5-7(6)11(8,9)10;3-1-2(4)5/h2-5H,1H3,(H,8,9,10);1,3H2,(H,4,5). The SMILES string of the molecule is Cc1ccccc1S(=O)(=O)O.NCC(=O)O. The van der Waals surface area contributed by atoms with Gasteiger partial charge in [-0.05, 0) is 18.6 Å². The Balaban J connectivity index is 0.000000385. The van der Waals surface area contributed by atoms with Gasteiger partial charge in [-0.3, -0.25) is 9.35 Å². The van der Waals surface area contributed by atoms with Crippen LogP contribution < -0.4 is 5.73 Å². The van der Waals surface area contributed by atoms with Gasteiger partial charge in [-0.15, -0.1) is 0 Å². The molecule has 0 unspecified atom stereocenters. The summed E-state index contributed by atoms with van der Waals surface area (Å²) in [5, 5.41) is 7.60. The number of rotatable bonds is 2. The van der Waals surface area contributed by atoms with Crippen molar-refractivity contribution in [2.75, 3.05) is 6.54 Å². The van der Waals surface area contributed by atoms with Gasteiger partial charge in [0.15, 0.2) is 0 Å². The maximum atomic E-state index is 10.6. The molecule has 0 aliphatic carbocycles. The van der Waals surface area contributed by atoms with Gasteiger partial charge in [-0.1, -0.05) is 18.2 Å². The van der Waals surface area contributed by atoms with E-state index in [2.05, 4.69) is 5.73 Å². The van der Waals surface area contributed by atoms with E-state index >= 15 is 0 Å². The predicted octanol–water partition coefficient (Wildman–Crippen LogP) is 0.271. The van der Waals surface area contributed by atoms with E-state index < -0.39 is 16.1 Å². The highest BCUT2D eigenvalue weighted by Crippen LogP contribution is 2.12. The van der Waals surface area contributed by atoms with Gasteiger partial charge in [0.05, 0.1) is 11.4 Å². The Bertz CT molecular complexity index is 455. The zero-order valence-corrected chi connectivity index (χ0v) is 9.44. The molecule has 7 heteroatoms. The maximum Gasteiger partial charge on any atom is 0.317 e. The second kappa shape index (κ2) is 6.21. The summed E-state index contributed by atoms with van der Waals surface area (Å²) in [6.45, 7) is 1.35. The molecule has 0 aliphatic heterocycles. The smallest absolute Gasteiger partial charge is 0.317 e. The average molecular weight is 247 g/mol. The Kier molecular flexibility index (Phi) is 5.65. The van der Waals surface area contributed by atoms with Crippen LogP contribution in [0.2, 0.25) is 0 Å². The molecule has 90 valence electrons. The molecular weight excluding hydrogens is 234 g/mol. The minimum Gasteiger partial charge on any atom is -0.480 e. The van der Waals surface area contributed by atoms with E-state index in [1.54, 1.807) is 25.1 Å². The van der Waals surface area contributed by atoms with Crippen molar-refractivity contribution in [1.82, 2.24) is 0 Å². The zero-order chi connectivity index (χ0) is 12.8. The Labute approximate surface area is 93.5 Å². The highest BCUT2D eigenvalue weighted by atomic mass is 32.2. The predicted molar refractivity (Wildman–Crippen MR) is 57.7 cm³/mol. The fourth-order valence-electron chi connectivity index (χ4n) is 0.846. The van der Waals surface area contributed by atoms with Crippen molar-refractivity contribution in [2.45, 2.75) is 11.8 Å². The fourth-order valence-corrected chi connectivity index (χ4v) is 1.57. The molecule has 16 heavy (non-hydrogen) atoms. The van der Waals surface area contributed by atoms with Crippen LogP contribution >= 0.6 is 0 Å². The highest BCUT2D eigenvalue weighted by molar-refractivity contribution is 7.85. The molecule has 0 aromatic heterocycles. The number of benzene rings is 1. The highest BCUT2D eigenvalue weighted by Gasteiger charge is 2.10. The quantitative estimate of drug-likeness (QED) is 0.646. The summed E-state index contributed by atoms with van der Waals surface area (Å²) in [6.07, 6.45) is 0. The minimum absolute atomic E-state index is 0.0278. The molecule has 0 heterocycles. The van der Waals surface area contributed by atoms with E-state index in [0.717, 1.165) is 0 Å². The number of aliphatic carboxylic acids is 1. The van der Waals surface area contributed by atoms with E-state index in [4.69, 9.17) is 9.66 Å². The van der Waals surface area contributed by atoms with E-state index in [-0.39, 0.29) is 11.4 Å². The molecule has 0 atom stereocenters. The molecule has 1 aromatic rings. The summed E-state index contributed by atoms with van der Waals surface area (Å²) in [4.78, 5) is 9.22. The lowest BCUT2D eigenvalue weighted by Crippen LogP contribution is -2.10. The van der Waals surface area contributed by atoms with E-state index in [9.17, 15) is 13.2 Å². The molecule has 1 rings (SSSR count). The lowest BCUT2D eigenvalue weighted by atomic mass is 10.2. The molecule has 6 nitrogen and oxygen atoms in total. The molecule has 0 saturated carbocycles. The number of hydrogen-bond donors (Lipinski definition) is 3. The van der Waals surface area contributed by atoms with Gasteiger partial charge in [-0.2, -0.15) is 8.42 Å². The third-order valence-corrected chi connectivity index (χ3v) is 2.56. The van der Waals surface area contributed by atoms with Crippen LogP contribution in [0.1, 0.15) is 5.56 Å². The third kappa shape index (κ3) is 5.44. The van der Waals surface area contributed by atoms with Crippen molar-refractivity contribution in [2.24, 2.45) is 5.73 Å². The molecule has 1 aromatic carbocycles. The average Bonchev–Trinajstić information content (AvgIpc) is 2.17. The van der Waals surface area contributed by atoms with E-state index in [0.29, 0.717) is 5.56 Å². The molecule has 0 saturated heterocycles. The minimum atomic E-state index is -4.03. The normalized spacial score (nSPS) is 10.2. The van der Waals surface area contributed by atoms with Gasteiger partial charge in [-0.25, -0.2) is 0 Å². The van der Waals surface area contributed by atoms with Gasteiger partial charge >= 0.3 is 5.97 Å². The first-order chi connectivity index (χ1) is 7.29. The Morgan fingerprint density at radius 1 is 1.38 bits per heavy atom. The Hall–Kier alpha value is -1.44. The van der Waals surface area contributed by atoms with Gasteiger partial charge in [0.1, 0.15) is 0 Å². The second-order valence-corrected chi connectivity index (χ2v) is 4.23. The summed E-state index contributed by atoms with van der Waals surface area (Å²) >= 11 is 0. The van der Waals surface area contributed by atoms with Crippen LogP contribution in [0.25, 0.3) is 0 Å². The summed E-state index contributed by atoms with van der Waals surface area (Å²) in [6, 6.07) is 6.27. The first kappa shape index (κ1) is 14.6. The van der Waals surface area contributed by atoms with Gasteiger partial charge in [0.2, 0.25) is 0 Å². The molecule has 0 fully saturated rings. The lowest BCUT2D eigenvalue weighted by molar-refractivity contribution is -0.135. The van der Waals surface area contributed by atoms with Crippen LogP contribution in [0.15, 0.2) is 29.2 Å². The van der Waals surface area contributed by atoms with Crippen LogP contribution in [0.3, 0.4) is 0 Å². The molecular formula is C9H13NO5S. The summed E-state index contributed by atoms with van der Waals surface area (Å²) in [5.74, 6) is -0.968. The maximum absolute atomic E-state index is 10.6. The molecule has 4 N–H and O–H groups in total. The fraction of sp³-hybridized carbons (Fsp3) is 0.222. The number of carbonyl (C=O) groups is 1. The topological polar surface area (TPSA) is 118 Å². The van der Waals surface area contributed by atoms with Crippen LogP contribution in [0, 0.1) is 6.92 Å². The molecule has 0 amide bonds. The van der Waals surface area contributed by atoms with Crippen LogP contribution in [0.4, 0.5) is 0 Å². The molecule has 0 radical (unpaired) electrons. The van der Waals surface area contributed by atoms with Crippen LogP contribution in [-0.4, -0.2) is 30.6 Å². The van der Waals surface area contributed by atoms with Gasteiger partial charge in [0.25, 0.3) is 10.1 Å². The zero-order valence-electron chi connectivity index (χ0n) is 8.62. The van der Waals surface area contributed by atoms with Crippen molar-refractivity contribution in [3.05, 3.63) is 29.8 Å². The summed E-state index contributed by atoms with van der Waals surface area (Å²) in [5.41, 5.74) is 5.12. The first-order valence-electron chi connectivity index (χ1n) is 4.24. The van der Waals surface area contributed by atoms with Gasteiger partial charge in [0, 0.05) is 0 Å². The van der Waals surface area contributed by atoms with Crippen molar-refractivity contribution in [3.8, 4) is 0 Å². The number of carboxylic acids is 1. The van der Waals surface area contributed by atoms with Crippen LogP contribution in [0.5, 0.6) is 0 Å². The number of carboxylic acid groups (broad SMARTS) is 1. The number of nitrogens with two attached hydrogens (primary N) is 1. The van der Waals surface area contributed by atoms with Crippen molar-refractivity contribution < 1.29 is 22.9 Å². The lowest BCUT2D eigenvalue weighted by Gasteiger charge is -1.99. The van der Waals surface area contributed by atoms with E-state index in [1.165, 1.54) is 6.07 Å². The van der Waals surface area contributed by atoms with Crippen molar-refractivity contribution in [3.63, 3.8) is 0 Å². The Morgan fingerprint density at radius 3 is 2.06 bits per heavy atom. The van der Waals surface area contributed by atoms with Crippen molar-refractivity contribution in [1.29, 1.82) is 0 Å². The molecule has 0 aliphatic rings. The van der Waals surface area contributed by atoms with Gasteiger partial charge < -0.3 is 10.8 Å². The monoisotopic (exact) mass is 247 g/mol. The molecule has 0 bridgehead atoms. The largest absolute Gasteiger partial charge is 0.480 e. The first-order valence-corrected chi connectivity index (χ1v) is 5.68. The van der Waals surface area contributed by atoms with Crippen molar-refractivity contribution >= 4 is 16.1 Å². The van der Waals surface area contributed by atoms with E-state index in [1.807, 2.05) is 0 Å². The molecule has 0 spiro atoms. The number of aryl methyl sites for hydroxylation is 1. The Morgan fingerprint density at radius 2 is 1.81 bits per heavy atom. The summed E-state index contributed by atoms with van der Waals surface area (Å²) in [7, 11) is -4.03. The second-order valence-electron chi connectivity index (χ2n) is 2.84. The van der Waals surface area contributed by atoms with Crippen LogP contribution in [-0.2, 0) is 14.9 Å².